The number of carbonyl (C=O) groups excluding carboxylic acids is 1. The quantitative estimate of drug-likeness (QED) is 0.628. The van der Waals surface area contributed by atoms with E-state index in [4.69, 9.17) is 5.11 Å². The molecule has 1 rings (SSSR count). The summed E-state index contributed by atoms with van der Waals surface area (Å²) in [7, 11) is 0. The molecule has 0 aromatic carbocycles. The minimum absolute atomic E-state index is 0.0116. The lowest BCUT2D eigenvalue weighted by molar-refractivity contribution is -0.137. The summed E-state index contributed by atoms with van der Waals surface area (Å²) in [6.45, 7) is 0.291. The summed E-state index contributed by atoms with van der Waals surface area (Å²) in [4.78, 5) is 21.8. The van der Waals surface area contributed by atoms with Gasteiger partial charge in [0, 0.05) is 19.4 Å². The highest BCUT2D eigenvalue weighted by molar-refractivity contribution is 5.76. The third-order valence-corrected chi connectivity index (χ3v) is 3.44. The molecule has 5 heteroatoms. The van der Waals surface area contributed by atoms with Crippen LogP contribution in [0.3, 0.4) is 0 Å². The average Bonchev–Trinajstić information content (AvgIpc) is 2.52. The summed E-state index contributed by atoms with van der Waals surface area (Å²) >= 11 is 0. The Balaban J connectivity index is 2.21. The van der Waals surface area contributed by atoms with Gasteiger partial charge in [0.2, 0.25) is 5.91 Å². The van der Waals surface area contributed by atoms with Crippen LogP contribution in [0.1, 0.15) is 57.8 Å². The summed E-state index contributed by atoms with van der Waals surface area (Å²) < 4.78 is 0. The van der Waals surface area contributed by atoms with Crippen molar-refractivity contribution in [3.63, 3.8) is 0 Å². The van der Waals surface area contributed by atoms with Gasteiger partial charge in [0.25, 0.3) is 0 Å². The second-order valence-corrected chi connectivity index (χ2v) is 5.16. The fraction of sp³-hybridized carbons (Fsp3) is 0.846. The molecule has 0 saturated heterocycles. The lowest BCUT2D eigenvalue weighted by Gasteiger charge is -2.26. The number of carbonyl (C=O) groups is 2. The zero-order valence-electron chi connectivity index (χ0n) is 10.8. The number of aliphatic hydroxyl groups is 1. The van der Waals surface area contributed by atoms with Crippen molar-refractivity contribution < 1.29 is 19.8 Å². The first-order valence-electron chi connectivity index (χ1n) is 6.73. The lowest BCUT2D eigenvalue weighted by Crippen LogP contribution is -2.42. The van der Waals surface area contributed by atoms with E-state index in [0.29, 0.717) is 13.0 Å². The van der Waals surface area contributed by atoms with Crippen molar-refractivity contribution in [2.24, 2.45) is 0 Å². The van der Waals surface area contributed by atoms with Crippen LogP contribution >= 0.6 is 0 Å². The van der Waals surface area contributed by atoms with E-state index in [1.807, 2.05) is 0 Å². The molecule has 0 unspecified atom stereocenters. The first-order valence-corrected chi connectivity index (χ1v) is 6.73. The van der Waals surface area contributed by atoms with Gasteiger partial charge in [0.15, 0.2) is 0 Å². The predicted molar refractivity (Wildman–Crippen MR) is 67.1 cm³/mol. The molecular weight excluding hydrogens is 234 g/mol. The molecule has 104 valence electrons. The molecule has 0 aliphatic heterocycles. The van der Waals surface area contributed by atoms with E-state index in [1.165, 1.54) is 0 Å². The highest BCUT2D eigenvalue weighted by Gasteiger charge is 2.28. The number of aliphatic carboxylic acids is 1. The molecule has 5 nitrogen and oxygen atoms in total. The van der Waals surface area contributed by atoms with E-state index >= 15 is 0 Å². The number of hydrogen-bond acceptors (Lipinski definition) is 3. The number of nitrogens with one attached hydrogen (secondary N) is 1. The van der Waals surface area contributed by atoms with Gasteiger partial charge in [-0.1, -0.05) is 25.7 Å². The van der Waals surface area contributed by atoms with Crippen LogP contribution in [0.5, 0.6) is 0 Å². The number of amides is 1. The highest BCUT2D eigenvalue weighted by Crippen LogP contribution is 2.26. The molecule has 0 spiro atoms. The molecule has 1 aliphatic rings. The van der Waals surface area contributed by atoms with E-state index in [9.17, 15) is 14.7 Å². The zero-order valence-corrected chi connectivity index (χ0v) is 10.8. The highest BCUT2D eigenvalue weighted by atomic mass is 16.4. The van der Waals surface area contributed by atoms with Crippen LogP contribution in [0.2, 0.25) is 0 Å². The Morgan fingerprint density at radius 3 is 2.22 bits per heavy atom. The Morgan fingerprint density at radius 1 is 1.06 bits per heavy atom. The molecule has 18 heavy (non-hydrogen) atoms. The predicted octanol–water partition coefficient (Wildman–Crippen LogP) is 1.44. The van der Waals surface area contributed by atoms with Crippen molar-refractivity contribution in [1.29, 1.82) is 0 Å². The standard InChI is InChI=1S/C13H23NO4/c15-11(6-5-7-12(16)17)14-10-13(18)8-3-1-2-4-9-13/h18H,1-10H2,(H,14,15)(H,16,17). The molecule has 1 saturated carbocycles. The third-order valence-electron chi connectivity index (χ3n) is 3.44. The van der Waals surface area contributed by atoms with Crippen molar-refractivity contribution >= 4 is 11.9 Å². The van der Waals surface area contributed by atoms with E-state index in [1.54, 1.807) is 0 Å². The molecule has 0 aromatic rings. The minimum atomic E-state index is -0.884. The van der Waals surface area contributed by atoms with Crippen LogP contribution in [0.25, 0.3) is 0 Å². The maximum atomic E-state index is 11.5. The van der Waals surface area contributed by atoms with Crippen LogP contribution in [0.15, 0.2) is 0 Å². The Hall–Kier alpha value is -1.10. The molecule has 1 fully saturated rings. The molecule has 1 amide bonds. The van der Waals surface area contributed by atoms with Crippen molar-refractivity contribution in [2.45, 2.75) is 63.4 Å². The SMILES string of the molecule is O=C(O)CCCC(=O)NCC1(O)CCCCCC1. The first-order chi connectivity index (χ1) is 8.52. The summed E-state index contributed by atoms with van der Waals surface area (Å²) in [6.07, 6.45) is 6.35. The summed E-state index contributed by atoms with van der Waals surface area (Å²) in [6, 6.07) is 0. The van der Waals surface area contributed by atoms with Gasteiger partial charge in [-0.15, -0.1) is 0 Å². The van der Waals surface area contributed by atoms with Gasteiger partial charge in [-0.2, -0.15) is 0 Å². The van der Waals surface area contributed by atoms with Crippen molar-refractivity contribution in [2.75, 3.05) is 6.54 Å². The number of hydrogen-bond donors (Lipinski definition) is 3. The second kappa shape index (κ2) is 7.36. The van der Waals surface area contributed by atoms with Gasteiger partial charge in [-0.05, 0) is 19.3 Å². The fourth-order valence-corrected chi connectivity index (χ4v) is 2.32. The van der Waals surface area contributed by atoms with Crippen molar-refractivity contribution in [3.8, 4) is 0 Å². The van der Waals surface area contributed by atoms with E-state index in [-0.39, 0.29) is 18.7 Å². The first kappa shape index (κ1) is 15.0. The van der Waals surface area contributed by atoms with E-state index < -0.39 is 11.6 Å². The van der Waals surface area contributed by atoms with Crippen LogP contribution in [0.4, 0.5) is 0 Å². The van der Waals surface area contributed by atoms with Gasteiger partial charge in [-0.3, -0.25) is 9.59 Å². The van der Waals surface area contributed by atoms with Gasteiger partial charge in [-0.25, -0.2) is 0 Å². The summed E-state index contributed by atoms with van der Waals surface area (Å²) in [5, 5.41) is 21.5. The lowest BCUT2D eigenvalue weighted by atomic mass is 9.94. The summed E-state index contributed by atoms with van der Waals surface area (Å²) in [5.41, 5.74) is -0.765. The average molecular weight is 257 g/mol. The Kier molecular flexibility index (Phi) is 6.12. The van der Waals surface area contributed by atoms with Crippen LogP contribution < -0.4 is 5.32 Å². The van der Waals surface area contributed by atoms with Crippen molar-refractivity contribution in [1.82, 2.24) is 5.32 Å². The zero-order chi connectivity index (χ0) is 13.4. The molecule has 0 radical (unpaired) electrons. The summed E-state index contributed by atoms with van der Waals surface area (Å²) in [5.74, 6) is -1.06. The monoisotopic (exact) mass is 257 g/mol. The topological polar surface area (TPSA) is 86.6 Å². The molecule has 0 heterocycles. The number of carboxylic acids is 1. The van der Waals surface area contributed by atoms with Gasteiger partial charge in [0.1, 0.15) is 0 Å². The Morgan fingerprint density at radius 2 is 1.67 bits per heavy atom. The normalized spacial score (nSPS) is 18.9. The van der Waals surface area contributed by atoms with Gasteiger partial charge < -0.3 is 15.5 Å². The van der Waals surface area contributed by atoms with Gasteiger partial charge >= 0.3 is 5.97 Å². The molecule has 0 aromatic heterocycles. The largest absolute Gasteiger partial charge is 0.481 e. The van der Waals surface area contributed by atoms with E-state index in [0.717, 1.165) is 38.5 Å². The van der Waals surface area contributed by atoms with Gasteiger partial charge in [0.05, 0.1) is 5.60 Å². The molecule has 1 aliphatic carbocycles. The third kappa shape index (κ3) is 6.00. The van der Waals surface area contributed by atoms with E-state index in [2.05, 4.69) is 5.32 Å². The van der Waals surface area contributed by atoms with Crippen LogP contribution in [0, 0.1) is 0 Å². The Labute approximate surface area is 108 Å². The van der Waals surface area contributed by atoms with Crippen molar-refractivity contribution in [3.05, 3.63) is 0 Å². The maximum Gasteiger partial charge on any atom is 0.303 e. The van der Waals surface area contributed by atoms with Crippen LogP contribution in [-0.2, 0) is 9.59 Å². The number of rotatable bonds is 6. The molecule has 0 atom stereocenters. The molecular formula is C13H23NO4. The maximum absolute atomic E-state index is 11.5. The number of carboxylic acid groups (broad SMARTS) is 1. The molecule has 0 bridgehead atoms. The molecule has 3 N–H and O–H groups in total. The second-order valence-electron chi connectivity index (χ2n) is 5.16. The minimum Gasteiger partial charge on any atom is -0.481 e. The smallest absolute Gasteiger partial charge is 0.303 e. The fourth-order valence-electron chi connectivity index (χ4n) is 2.32. The Bertz CT molecular complexity index is 283. The van der Waals surface area contributed by atoms with Crippen LogP contribution in [-0.4, -0.2) is 34.2 Å².